The smallest absolute Gasteiger partial charge is 0.0587 e. The molecular formula is C17H28BrNOS. The predicted molar refractivity (Wildman–Crippen MR) is 95.3 cm³/mol. The number of aryl methyl sites for hydroxylation is 2. The summed E-state index contributed by atoms with van der Waals surface area (Å²) >= 11 is 5.66. The molecular weight excluding hydrogens is 346 g/mol. The average Bonchev–Trinajstić information content (AvgIpc) is 3.04. The van der Waals surface area contributed by atoms with E-state index in [1.807, 2.05) is 11.3 Å². The number of ether oxygens (including phenoxy) is 1. The highest BCUT2D eigenvalue weighted by Crippen LogP contribution is 2.45. The monoisotopic (exact) mass is 373 g/mol. The van der Waals surface area contributed by atoms with Crippen molar-refractivity contribution in [2.45, 2.75) is 51.9 Å². The van der Waals surface area contributed by atoms with E-state index in [2.05, 4.69) is 34.2 Å². The molecule has 1 aliphatic carbocycles. The molecule has 0 saturated heterocycles. The zero-order valence-corrected chi connectivity index (χ0v) is 15.7. The van der Waals surface area contributed by atoms with Crippen LogP contribution >= 0.6 is 27.3 Å². The largest absolute Gasteiger partial charge is 0.383 e. The normalized spacial score (nSPS) is 17.5. The van der Waals surface area contributed by atoms with Gasteiger partial charge in [-0.15, -0.1) is 11.3 Å². The molecule has 0 radical (unpaired) electrons. The van der Waals surface area contributed by atoms with Gasteiger partial charge in [0.25, 0.3) is 0 Å². The minimum Gasteiger partial charge on any atom is -0.383 e. The van der Waals surface area contributed by atoms with Crippen LogP contribution < -0.4 is 5.32 Å². The number of halogens is 1. The van der Waals surface area contributed by atoms with Gasteiger partial charge in [-0.3, -0.25) is 0 Å². The van der Waals surface area contributed by atoms with Gasteiger partial charge in [0.05, 0.1) is 6.61 Å². The number of thiophene rings is 1. The molecule has 21 heavy (non-hydrogen) atoms. The Labute approximate surface area is 141 Å². The first-order valence-corrected chi connectivity index (χ1v) is 9.71. The molecule has 1 aromatic rings. The maximum atomic E-state index is 5.09. The van der Waals surface area contributed by atoms with Gasteiger partial charge in [-0.05, 0) is 73.0 Å². The van der Waals surface area contributed by atoms with E-state index < -0.39 is 0 Å². The number of nitrogens with one attached hydrogen (secondary N) is 1. The van der Waals surface area contributed by atoms with E-state index in [0.29, 0.717) is 5.41 Å². The van der Waals surface area contributed by atoms with Crippen molar-refractivity contribution >= 4 is 27.3 Å². The van der Waals surface area contributed by atoms with Crippen molar-refractivity contribution < 1.29 is 4.74 Å². The molecule has 0 bridgehead atoms. The zero-order valence-electron chi connectivity index (χ0n) is 13.3. The molecule has 1 aliphatic rings. The summed E-state index contributed by atoms with van der Waals surface area (Å²) in [5.41, 5.74) is 0.581. The van der Waals surface area contributed by atoms with Crippen molar-refractivity contribution in [2.75, 3.05) is 26.8 Å². The minimum absolute atomic E-state index is 0.581. The van der Waals surface area contributed by atoms with Crippen molar-refractivity contribution in [2.24, 2.45) is 5.41 Å². The third kappa shape index (κ3) is 5.34. The van der Waals surface area contributed by atoms with E-state index in [0.717, 1.165) is 19.7 Å². The van der Waals surface area contributed by atoms with E-state index in [9.17, 15) is 0 Å². The first kappa shape index (κ1) is 17.5. The second kappa shape index (κ2) is 8.66. The third-order valence-electron chi connectivity index (χ3n) is 4.74. The summed E-state index contributed by atoms with van der Waals surface area (Å²) < 4.78 is 6.41. The summed E-state index contributed by atoms with van der Waals surface area (Å²) in [6, 6.07) is 2.26. The Balaban J connectivity index is 1.82. The highest BCUT2D eigenvalue weighted by Gasteiger charge is 2.33. The van der Waals surface area contributed by atoms with Gasteiger partial charge in [-0.1, -0.05) is 12.8 Å². The van der Waals surface area contributed by atoms with Crippen LogP contribution in [0.3, 0.4) is 0 Å². The van der Waals surface area contributed by atoms with Gasteiger partial charge in [0.15, 0.2) is 0 Å². The first-order valence-electron chi connectivity index (χ1n) is 8.10. The second-order valence-corrected chi connectivity index (χ2v) is 8.52. The molecule has 0 aliphatic heterocycles. The fourth-order valence-corrected chi connectivity index (χ4v) is 5.35. The molecule has 2 nitrogen and oxygen atoms in total. The standard InChI is InChI=1S/C17H28BrNOS/c1-14-13-15(18)16(21-14)5-8-17(6-3-4-7-17)9-10-19-11-12-20-2/h13,19H,3-12H2,1-2H3. The number of rotatable bonds is 9. The molecule has 4 heteroatoms. The Morgan fingerprint density at radius 1 is 1.29 bits per heavy atom. The van der Waals surface area contributed by atoms with Crippen LogP contribution in [0.1, 0.15) is 48.3 Å². The summed E-state index contributed by atoms with van der Waals surface area (Å²) in [6.45, 7) is 5.12. The van der Waals surface area contributed by atoms with E-state index in [-0.39, 0.29) is 0 Å². The van der Waals surface area contributed by atoms with E-state index in [4.69, 9.17) is 4.74 Å². The zero-order chi connectivity index (χ0) is 15.1. The van der Waals surface area contributed by atoms with Crippen LogP contribution in [0.5, 0.6) is 0 Å². The molecule has 1 saturated carbocycles. The van der Waals surface area contributed by atoms with Gasteiger partial charge in [-0.25, -0.2) is 0 Å². The second-order valence-electron chi connectivity index (χ2n) is 6.33. The molecule has 2 rings (SSSR count). The van der Waals surface area contributed by atoms with Crippen molar-refractivity contribution in [1.82, 2.24) is 5.32 Å². The molecule has 120 valence electrons. The average molecular weight is 374 g/mol. The molecule has 1 fully saturated rings. The topological polar surface area (TPSA) is 21.3 Å². The van der Waals surface area contributed by atoms with Crippen LogP contribution in [0.2, 0.25) is 0 Å². The lowest BCUT2D eigenvalue weighted by Crippen LogP contribution is -2.27. The summed E-state index contributed by atoms with van der Waals surface area (Å²) in [5.74, 6) is 0. The Kier molecular flexibility index (Phi) is 7.20. The maximum absolute atomic E-state index is 5.09. The fraction of sp³-hybridized carbons (Fsp3) is 0.765. The number of hydrogen-bond acceptors (Lipinski definition) is 3. The summed E-state index contributed by atoms with van der Waals surface area (Å²) in [5, 5.41) is 3.52. The summed E-state index contributed by atoms with van der Waals surface area (Å²) in [4.78, 5) is 2.95. The molecule has 0 atom stereocenters. The number of methoxy groups -OCH3 is 1. The van der Waals surface area contributed by atoms with Crippen LogP contribution in [0.4, 0.5) is 0 Å². The van der Waals surface area contributed by atoms with Crippen molar-refractivity contribution in [1.29, 1.82) is 0 Å². The molecule has 0 spiro atoms. The van der Waals surface area contributed by atoms with E-state index in [1.165, 1.54) is 59.2 Å². The highest BCUT2D eigenvalue weighted by molar-refractivity contribution is 9.10. The quantitative estimate of drug-likeness (QED) is 0.619. The molecule has 1 aromatic heterocycles. The van der Waals surface area contributed by atoms with Crippen LogP contribution in [0, 0.1) is 12.3 Å². The molecule has 0 amide bonds. The van der Waals surface area contributed by atoms with Crippen molar-refractivity contribution in [3.8, 4) is 0 Å². The van der Waals surface area contributed by atoms with Crippen LogP contribution in [0.25, 0.3) is 0 Å². The van der Waals surface area contributed by atoms with Crippen LogP contribution in [-0.4, -0.2) is 26.8 Å². The van der Waals surface area contributed by atoms with Gasteiger partial charge in [0, 0.05) is 27.9 Å². The fourth-order valence-electron chi connectivity index (χ4n) is 3.48. The summed E-state index contributed by atoms with van der Waals surface area (Å²) in [6.07, 6.45) is 9.57. The Morgan fingerprint density at radius 2 is 2.05 bits per heavy atom. The Morgan fingerprint density at radius 3 is 2.67 bits per heavy atom. The van der Waals surface area contributed by atoms with Crippen LogP contribution in [0.15, 0.2) is 10.5 Å². The van der Waals surface area contributed by atoms with Crippen molar-refractivity contribution in [3.05, 3.63) is 20.3 Å². The van der Waals surface area contributed by atoms with Gasteiger partial charge < -0.3 is 10.1 Å². The van der Waals surface area contributed by atoms with Gasteiger partial charge in [-0.2, -0.15) is 0 Å². The Hall–Kier alpha value is 0.100. The van der Waals surface area contributed by atoms with E-state index >= 15 is 0 Å². The Bertz CT molecular complexity index is 426. The first-order chi connectivity index (χ1) is 10.2. The molecule has 1 heterocycles. The lowest BCUT2D eigenvalue weighted by molar-refractivity contribution is 0.194. The minimum atomic E-state index is 0.581. The van der Waals surface area contributed by atoms with Gasteiger partial charge >= 0.3 is 0 Å². The van der Waals surface area contributed by atoms with Gasteiger partial charge in [0.1, 0.15) is 0 Å². The van der Waals surface area contributed by atoms with Crippen LogP contribution in [-0.2, 0) is 11.2 Å². The molecule has 0 unspecified atom stereocenters. The maximum Gasteiger partial charge on any atom is 0.0587 e. The number of hydrogen-bond donors (Lipinski definition) is 1. The SMILES string of the molecule is COCCNCCC1(CCc2sc(C)cc2Br)CCCC1. The summed E-state index contributed by atoms with van der Waals surface area (Å²) in [7, 11) is 1.76. The van der Waals surface area contributed by atoms with Gasteiger partial charge in [0.2, 0.25) is 0 Å². The van der Waals surface area contributed by atoms with Crippen molar-refractivity contribution in [3.63, 3.8) is 0 Å². The lowest BCUT2D eigenvalue weighted by atomic mass is 9.78. The van der Waals surface area contributed by atoms with E-state index in [1.54, 1.807) is 7.11 Å². The molecule has 0 aromatic carbocycles. The predicted octanol–water partition coefficient (Wildman–Crippen LogP) is 4.94. The third-order valence-corrected chi connectivity index (χ3v) is 6.82. The highest BCUT2D eigenvalue weighted by atomic mass is 79.9. The molecule has 1 N–H and O–H groups in total. The lowest BCUT2D eigenvalue weighted by Gasteiger charge is -2.29.